The quantitative estimate of drug-likeness (QED) is 0.200. The molecule has 3 aromatic carbocycles. The zero-order chi connectivity index (χ0) is 45.6. The Morgan fingerprint density at radius 1 is 0.574 bits per heavy atom. The van der Waals surface area contributed by atoms with Crippen LogP contribution < -0.4 is 34.2 Å². The van der Waals surface area contributed by atoms with E-state index in [0.717, 1.165) is 73.4 Å². The number of nitrogens with one attached hydrogen (secondary N) is 1. The van der Waals surface area contributed by atoms with E-state index in [9.17, 15) is 19.2 Å². The third-order valence-electron chi connectivity index (χ3n) is 10.8. The van der Waals surface area contributed by atoms with E-state index in [1.165, 1.54) is 18.2 Å². The Hall–Kier alpha value is -4.68. The summed E-state index contributed by atoms with van der Waals surface area (Å²) in [6.45, 7) is 25.0. The number of unbranched alkanes of at least 4 members (excludes halogenated alkanes) is 3. The number of carbonyl (C=O) groups excluding carboxylic acids is 4. The third-order valence-corrected chi connectivity index (χ3v) is 11.6. The summed E-state index contributed by atoms with van der Waals surface area (Å²) in [5.74, 6) is 1.97. The van der Waals surface area contributed by atoms with E-state index in [2.05, 4.69) is 43.8 Å². The number of nitrogens with zero attached hydrogens (tertiary/aromatic N) is 3. The van der Waals surface area contributed by atoms with Crippen LogP contribution in [-0.2, 0) is 19.1 Å². The highest BCUT2D eigenvalue weighted by Crippen LogP contribution is 2.43. The van der Waals surface area contributed by atoms with Gasteiger partial charge in [-0.3, -0.25) is 14.4 Å². The van der Waals surface area contributed by atoms with Gasteiger partial charge in [0.2, 0.25) is 0 Å². The summed E-state index contributed by atoms with van der Waals surface area (Å²) >= 11 is 12.3. The number of fused-ring (bicyclic) bond motifs is 3. The number of hydrogen-bond donors (Lipinski definition) is 1. The number of carbonyl (C=O) groups is 4. The van der Waals surface area contributed by atoms with Crippen molar-refractivity contribution in [3.63, 3.8) is 0 Å². The topological polar surface area (TPSA) is 127 Å². The van der Waals surface area contributed by atoms with Crippen LogP contribution in [0, 0.1) is 27.7 Å². The van der Waals surface area contributed by atoms with Gasteiger partial charge in [0.15, 0.2) is 16.8 Å². The predicted octanol–water partition coefficient (Wildman–Crippen LogP) is 10.5. The number of alkyl carbamates (subject to hydrolysis) is 1. The van der Waals surface area contributed by atoms with Crippen LogP contribution in [0.1, 0.15) is 110 Å². The molecule has 0 aliphatic carbocycles. The molecular weight excluding hydrogens is 819 g/mol. The molecule has 0 aromatic heterocycles. The van der Waals surface area contributed by atoms with Crippen molar-refractivity contribution in [2.24, 2.45) is 0 Å². The lowest BCUT2D eigenvalue weighted by Gasteiger charge is -2.39. The summed E-state index contributed by atoms with van der Waals surface area (Å²) < 4.78 is 22.0. The molecule has 12 nitrogen and oxygen atoms in total. The summed E-state index contributed by atoms with van der Waals surface area (Å²) in [7, 11) is 1.29. The van der Waals surface area contributed by atoms with Crippen LogP contribution in [0.25, 0.3) is 0 Å². The van der Waals surface area contributed by atoms with Crippen molar-refractivity contribution in [1.29, 1.82) is 0 Å². The summed E-state index contributed by atoms with van der Waals surface area (Å²) in [5.41, 5.74) is 4.01. The number of aryl methyl sites for hydroxylation is 4. The van der Waals surface area contributed by atoms with Gasteiger partial charge < -0.3 is 39.0 Å². The van der Waals surface area contributed by atoms with Crippen LogP contribution in [0.2, 0.25) is 10.0 Å². The third kappa shape index (κ3) is 11.4. The maximum absolute atomic E-state index is 12.6. The van der Waals surface area contributed by atoms with Crippen LogP contribution in [-0.4, -0.2) is 73.9 Å². The molecule has 3 aliphatic rings. The minimum absolute atomic E-state index is 0.00942. The van der Waals surface area contributed by atoms with E-state index < -0.39 is 22.9 Å². The molecule has 6 rings (SSSR count). The van der Waals surface area contributed by atoms with Gasteiger partial charge in [0.05, 0.1) is 24.2 Å². The van der Waals surface area contributed by atoms with Crippen molar-refractivity contribution in [3.8, 4) is 17.2 Å². The van der Waals surface area contributed by atoms with Gasteiger partial charge >= 0.3 is 6.09 Å². The summed E-state index contributed by atoms with van der Waals surface area (Å²) in [6.07, 6.45) is 4.82. The average Bonchev–Trinajstić information content (AvgIpc) is 3.18. The Labute approximate surface area is 372 Å². The van der Waals surface area contributed by atoms with E-state index in [1.54, 1.807) is 44.7 Å². The second-order valence-electron chi connectivity index (χ2n) is 17.2. The molecule has 14 heteroatoms. The molecule has 0 fully saturated rings. The van der Waals surface area contributed by atoms with Crippen LogP contribution in [0.15, 0.2) is 36.4 Å². The molecule has 3 heterocycles. The van der Waals surface area contributed by atoms with Crippen molar-refractivity contribution in [2.45, 2.75) is 132 Å². The Morgan fingerprint density at radius 3 is 1.34 bits per heavy atom. The molecular formula is C47H64Cl2N4O8. The number of anilines is 3. The summed E-state index contributed by atoms with van der Waals surface area (Å²) in [5, 5.41) is 3.81. The molecule has 0 saturated heterocycles. The molecule has 3 aliphatic heterocycles. The second kappa shape index (κ2) is 20.0. The lowest BCUT2D eigenvalue weighted by Crippen LogP contribution is -2.54. The van der Waals surface area contributed by atoms with Crippen LogP contribution in [0.5, 0.6) is 17.2 Å². The normalized spacial score (nSPS) is 16.6. The first-order valence-corrected chi connectivity index (χ1v) is 21.8. The molecule has 0 atom stereocenters. The molecule has 0 saturated carbocycles. The fourth-order valence-corrected chi connectivity index (χ4v) is 7.36. The lowest BCUT2D eigenvalue weighted by atomic mass is 10.0. The number of rotatable bonds is 10. The smallest absolute Gasteiger partial charge is 0.406 e. The van der Waals surface area contributed by atoms with E-state index in [-0.39, 0.29) is 24.3 Å². The lowest BCUT2D eigenvalue weighted by molar-refractivity contribution is -0.133. The largest absolute Gasteiger partial charge is 0.476 e. The zero-order valence-electron chi connectivity index (χ0n) is 38.2. The van der Waals surface area contributed by atoms with Crippen molar-refractivity contribution < 1.29 is 38.1 Å². The monoisotopic (exact) mass is 882 g/mol. The average molecular weight is 884 g/mol. The van der Waals surface area contributed by atoms with Gasteiger partial charge in [0, 0.05) is 48.4 Å². The number of benzene rings is 3. The molecule has 0 bridgehead atoms. The molecule has 1 N–H and O–H groups in total. The maximum Gasteiger partial charge on any atom is 0.406 e. The number of hydrogen-bond acceptors (Lipinski definition) is 8. The Bertz CT molecular complexity index is 2120. The number of ether oxygens (including phenoxy) is 4. The van der Waals surface area contributed by atoms with Crippen molar-refractivity contribution in [3.05, 3.63) is 68.7 Å². The summed E-state index contributed by atoms with van der Waals surface area (Å²) in [4.78, 5) is 54.1. The minimum Gasteiger partial charge on any atom is -0.476 e. The fraction of sp³-hybridized carbons (Fsp3) is 0.532. The molecule has 61 heavy (non-hydrogen) atoms. The Balaban J connectivity index is 0.000000202. The van der Waals surface area contributed by atoms with Gasteiger partial charge in [-0.15, -0.1) is 0 Å². The van der Waals surface area contributed by atoms with Crippen molar-refractivity contribution in [1.82, 2.24) is 5.32 Å². The number of halogens is 2. The maximum atomic E-state index is 12.6. The van der Waals surface area contributed by atoms with Crippen molar-refractivity contribution in [2.75, 3.05) is 48.0 Å². The van der Waals surface area contributed by atoms with Gasteiger partial charge in [-0.05, 0) is 129 Å². The van der Waals surface area contributed by atoms with Gasteiger partial charge in [-0.25, -0.2) is 4.79 Å². The standard InChI is InChI=1S/C17H25NO2.C15H19ClN2O4.C15H20ClNO2/c1-6-7-8-9-18-14-10-12(2)13(3)11-15(14)20-17(4,5)16(18)19;1-9-7-11-12(8-10(9)16)22-15(2,3)13(19)18(11)6-5-17-14(20)21-4;1-5-6-7-17-12-8-10(2)11(16)9-13(12)19-15(3,4)14(17)18/h10-11H,6-9H2,1-5H3;7-8H,5-6H2,1-4H3,(H,17,20);8-9H,5-7H2,1-4H3. The zero-order valence-corrected chi connectivity index (χ0v) is 39.7. The van der Waals surface area contributed by atoms with Gasteiger partial charge in [0.25, 0.3) is 17.7 Å². The van der Waals surface area contributed by atoms with E-state index in [0.29, 0.717) is 33.8 Å². The van der Waals surface area contributed by atoms with E-state index >= 15 is 0 Å². The molecule has 3 aromatic rings. The van der Waals surface area contributed by atoms with Gasteiger partial charge in [0.1, 0.15) is 17.2 Å². The molecule has 0 unspecified atom stereocenters. The van der Waals surface area contributed by atoms with Gasteiger partial charge in [-0.2, -0.15) is 0 Å². The first-order valence-electron chi connectivity index (χ1n) is 21.1. The Morgan fingerprint density at radius 2 is 0.934 bits per heavy atom. The van der Waals surface area contributed by atoms with Crippen molar-refractivity contribution >= 4 is 64.1 Å². The van der Waals surface area contributed by atoms with Crippen LogP contribution in [0.4, 0.5) is 21.9 Å². The summed E-state index contributed by atoms with van der Waals surface area (Å²) in [6, 6.07) is 11.4. The highest BCUT2D eigenvalue weighted by Gasteiger charge is 2.43. The molecule has 4 amide bonds. The molecule has 0 radical (unpaired) electrons. The van der Waals surface area contributed by atoms with Gasteiger partial charge in [-0.1, -0.05) is 56.3 Å². The van der Waals surface area contributed by atoms with E-state index in [4.69, 9.17) is 37.4 Å². The highest BCUT2D eigenvalue weighted by molar-refractivity contribution is 6.32. The number of methoxy groups -OCH3 is 1. The fourth-order valence-electron chi connectivity index (χ4n) is 7.05. The first kappa shape index (κ1) is 49.0. The SMILES string of the molecule is CCCCCN1C(=O)C(C)(C)Oc2cc(C)c(C)cc21.CCCCN1C(=O)C(C)(C)Oc2cc(Cl)c(C)cc21.COC(=O)NCCN1C(=O)C(C)(C)Oc2cc(Cl)c(C)cc21. The van der Waals surface area contributed by atoms with Crippen LogP contribution >= 0.6 is 23.2 Å². The van der Waals surface area contributed by atoms with Crippen LogP contribution in [0.3, 0.4) is 0 Å². The number of amides is 4. The first-order chi connectivity index (χ1) is 28.5. The second-order valence-corrected chi connectivity index (χ2v) is 18.0. The predicted molar refractivity (Wildman–Crippen MR) is 244 cm³/mol. The van der Waals surface area contributed by atoms with E-state index in [1.807, 2.05) is 55.7 Å². The highest BCUT2D eigenvalue weighted by atomic mass is 35.5. The Kier molecular flexibility index (Phi) is 16.1. The molecule has 0 spiro atoms. The minimum atomic E-state index is -0.989. The molecule has 334 valence electrons.